The van der Waals surface area contributed by atoms with Crippen LogP contribution in [0.5, 0.6) is 0 Å². The van der Waals surface area contributed by atoms with E-state index in [1.54, 1.807) is 18.0 Å². The van der Waals surface area contributed by atoms with Crippen LogP contribution in [0.4, 0.5) is 5.69 Å². The highest BCUT2D eigenvalue weighted by molar-refractivity contribution is 7.97. The van der Waals surface area contributed by atoms with Gasteiger partial charge in [0, 0.05) is 37.9 Å². The Morgan fingerprint density at radius 3 is 2.29 bits per heavy atom. The van der Waals surface area contributed by atoms with Crippen molar-refractivity contribution in [2.75, 3.05) is 26.0 Å². The Hall–Kier alpha value is -1.22. The second-order valence-corrected chi connectivity index (χ2v) is 6.02. The molecule has 0 unspecified atom stereocenters. The third kappa shape index (κ3) is 12.2. The highest BCUT2D eigenvalue weighted by Crippen LogP contribution is 2.25. The molecule has 0 atom stereocenters. The van der Waals surface area contributed by atoms with E-state index in [1.807, 2.05) is 33.4 Å². The highest BCUT2D eigenvalue weighted by atomic mass is 35.7. The molecule has 1 aromatic carbocycles. The van der Waals surface area contributed by atoms with Crippen LogP contribution < -0.4 is 18.9 Å². The van der Waals surface area contributed by atoms with Crippen molar-refractivity contribution in [3.8, 4) is 0 Å². The van der Waals surface area contributed by atoms with Crippen molar-refractivity contribution in [3.05, 3.63) is 49.2 Å². The third-order valence-corrected chi connectivity index (χ3v) is 2.89. The molecule has 0 aliphatic heterocycles. The van der Waals surface area contributed by atoms with Crippen molar-refractivity contribution in [1.82, 2.24) is 4.31 Å². The number of anilines is 1. The summed E-state index contributed by atoms with van der Waals surface area (Å²) in [6, 6.07) is 8.45. The molecule has 0 aliphatic carbocycles. The summed E-state index contributed by atoms with van der Waals surface area (Å²) < 4.78 is 34.8. The number of rotatable bonds is 5. The summed E-state index contributed by atoms with van der Waals surface area (Å²) in [5.74, 6) is 0. The van der Waals surface area contributed by atoms with Crippen molar-refractivity contribution in [3.63, 3.8) is 0 Å². The fourth-order valence-electron chi connectivity index (χ4n) is 1.20. The number of hydrogen-bond donors (Lipinski definition) is 1. The Kier molecular flexibility index (Phi) is 9.11. The van der Waals surface area contributed by atoms with E-state index in [1.165, 1.54) is 10.6 Å². The Morgan fingerprint density at radius 2 is 1.81 bits per heavy atom. The smallest absolute Gasteiger partial charge is 0.0777 e. The lowest BCUT2D eigenvalue weighted by Crippen LogP contribution is -2.58. The summed E-state index contributed by atoms with van der Waals surface area (Å²) >= 11 is 1.69. The molecule has 8 heteroatoms. The maximum Gasteiger partial charge on any atom is 0.0777 e. The van der Waals surface area contributed by atoms with Crippen LogP contribution in [0.25, 0.3) is 0 Å². The van der Waals surface area contributed by atoms with E-state index in [0.29, 0.717) is 0 Å². The van der Waals surface area contributed by atoms with Gasteiger partial charge in [0.25, 0.3) is 0 Å². The average Bonchev–Trinajstić information content (AvgIpc) is 2.34. The van der Waals surface area contributed by atoms with Gasteiger partial charge in [-0.25, -0.2) is 0 Å². The first-order valence-corrected chi connectivity index (χ1v) is 7.78. The zero-order valence-corrected chi connectivity index (χ0v) is 13.7. The second kappa shape index (κ2) is 9.67. The highest BCUT2D eigenvalue weighted by Gasteiger charge is 2.00. The van der Waals surface area contributed by atoms with Crippen LogP contribution in [0.3, 0.4) is 0 Å². The first-order valence-electron chi connectivity index (χ1n) is 5.74. The Balaban J connectivity index is 0.000000690. The summed E-state index contributed by atoms with van der Waals surface area (Å²) in [4.78, 5) is 3.33. The largest absolute Gasteiger partial charge is 0.378 e. The summed E-state index contributed by atoms with van der Waals surface area (Å²) in [6.07, 6.45) is 5.68. The summed E-state index contributed by atoms with van der Waals surface area (Å²) in [6.45, 7) is 3.65. The predicted molar refractivity (Wildman–Crippen MR) is 75.9 cm³/mol. The quantitative estimate of drug-likeness (QED) is 0.560. The molecular formula is C13H19ClN2O4S. The van der Waals surface area contributed by atoms with E-state index in [9.17, 15) is 0 Å². The minimum Gasteiger partial charge on any atom is -0.378 e. The van der Waals surface area contributed by atoms with Gasteiger partial charge < -0.3 is 9.21 Å². The minimum absolute atomic E-state index is 1.21. The molecule has 0 bridgehead atoms. The SMILES string of the molecule is C=CC=CN(C)Sc1cccc(N(C)C)c1.[O-][Cl+3]([O-])([O-])O. The minimum atomic E-state index is -4.69. The molecule has 0 amide bonds. The average molecular weight is 335 g/mol. The zero-order valence-electron chi connectivity index (χ0n) is 12.1. The molecule has 0 radical (unpaired) electrons. The summed E-state index contributed by atoms with van der Waals surface area (Å²) in [5.41, 5.74) is 1.21. The normalized spacial score (nSPS) is 10.8. The molecule has 0 aromatic heterocycles. The van der Waals surface area contributed by atoms with Crippen LogP contribution in [-0.2, 0) is 0 Å². The van der Waals surface area contributed by atoms with Crippen molar-refractivity contribution >= 4 is 17.6 Å². The maximum atomic E-state index is 8.60. The van der Waals surface area contributed by atoms with Crippen molar-refractivity contribution in [2.24, 2.45) is 0 Å². The predicted octanol–water partition coefficient (Wildman–Crippen LogP) is -0.733. The van der Waals surface area contributed by atoms with Gasteiger partial charge in [-0.1, -0.05) is 18.7 Å². The van der Waals surface area contributed by atoms with E-state index < -0.39 is 10.2 Å². The van der Waals surface area contributed by atoms with Gasteiger partial charge >= 0.3 is 0 Å². The van der Waals surface area contributed by atoms with Crippen LogP contribution in [0.15, 0.2) is 54.1 Å². The van der Waals surface area contributed by atoms with E-state index in [4.69, 9.17) is 18.6 Å². The second-order valence-electron chi connectivity index (χ2n) is 4.00. The van der Waals surface area contributed by atoms with Gasteiger partial charge in [-0.05, 0) is 36.2 Å². The fraction of sp³-hybridized carbons (Fsp3) is 0.231. The topological polar surface area (TPSA) is 95.9 Å². The number of nitrogens with zero attached hydrogens (tertiary/aromatic N) is 2. The molecule has 0 heterocycles. The Morgan fingerprint density at radius 1 is 1.24 bits per heavy atom. The molecule has 1 N–H and O–H groups in total. The molecule has 0 saturated heterocycles. The van der Waals surface area contributed by atoms with Crippen LogP contribution in [0.2, 0.25) is 0 Å². The van der Waals surface area contributed by atoms with E-state index in [-0.39, 0.29) is 0 Å². The van der Waals surface area contributed by atoms with Crippen LogP contribution in [0.1, 0.15) is 0 Å². The molecule has 1 rings (SSSR count). The molecule has 6 nitrogen and oxygen atoms in total. The molecule has 0 aliphatic rings. The lowest BCUT2D eigenvalue weighted by molar-refractivity contribution is -1.92. The van der Waals surface area contributed by atoms with Gasteiger partial charge in [-0.15, -0.1) is 0 Å². The number of benzene rings is 1. The molecule has 118 valence electrons. The summed E-state index contributed by atoms with van der Waals surface area (Å²) in [5, 5.41) is 0. The molecule has 0 fully saturated rings. The Bertz CT molecular complexity index is 458. The molecule has 1 aromatic rings. The van der Waals surface area contributed by atoms with Gasteiger partial charge in [0.15, 0.2) is 0 Å². The lowest BCUT2D eigenvalue weighted by Gasteiger charge is -2.16. The lowest BCUT2D eigenvalue weighted by atomic mass is 10.3. The van der Waals surface area contributed by atoms with Gasteiger partial charge in [0.2, 0.25) is 0 Å². The van der Waals surface area contributed by atoms with Crippen molar-refractivity contribution in [1.29, 1.82) is 0 Å². The first-order chi connectivity index (χ1) is 9.63. The van der Waals surface area contributed by atoms with Gasteiger partial charge in [0.05, 0.1) is 14.9 Å². The monoisotopic (exact) mass is 334 g/mol. The van der Waals surface area contributed by atoms with Crippen LogP contribution in [-0.4, -0.2) is 30.1 Å². The zero-order chi connectivity index (χ0) is 16.5. The first kappa shape index (κ1) is 19.8. The summed E-state index contributed by atoms with van der Waals surface area (Å²) in [7, 11) is 1.42. The molecular weight excluding hydrogens is 316 g/mol. The van der Waals surface area contributed by atoms with Gasteiger partial charge in [0.1, 0.15) is 0 Å². The molecule has 21 heavy (non-hydrogen) atoms. The fourth-order valence-corrected chi connectivity index (χ4v) is 1.97. The van der Waals surface area contributed by atoms with Crippen LogP contribution in [0, 0.1) is 10.2 Å². The molecule has 0 spiro atoms. The van der Waals surface area contributed by atoms with E-state index in [2.05, 4.69) is 40.0 Å². The van der Waals surface area contributed by atoms with Gasteiger partial charge in [-0.3, -0.25) is 0 Å². The number of hydrogen-bond acceptors (Lipinski definition) is 7. The van der Waals surface area contributed by atoms with Gasteiger partial charge in [-0.2, -0.15) is 14.0 Å². The number of halogens is 1. The maximum absolute atomic E-state index is 8.60. The standard InChI is InChI=1S/C13H18N2S.ClHO4/c1-5-6-10-15(4)16-13-9-7-8-12(11-13)14(2)3;2-1(3,4)5/h5-11H,1H2,2-4H3;(H,2,3,4,5). The van der Waals surface area contributed by atoms with E-state index >= 15 is 0 Å². The third-order valence-electron chi connectivity index (χ3n) is 2.02. The van der Waals surface area contributed by atoms with E-state index in [0.717, 1.165) is 0 Å². The molecule has 0 saturated carbocycles. The number of allylic oxidation sites excluding steroid dienone is 2. The van der Waals surface area contributed by atoms with Crippen molar-refractivity contribution in [2.45, 2.75) is 4.90 Å². The van der Waals surface area contributed by atoms with Crippen LogP contribution >= 0.6 is 11.9 Å². The van der Waals surface area contributed by atoms with Crippen molar-refractivity contribution < 1.29 is 28.9 Å². The Labute approximate surface area is 131 Å².